The maximum absolute atomic E-state index is 12.0. The highest BCUT2D eigenvalue weighted by Gasteiger charge is 2.40. The average Bonchev–Trinajstić information content (AvgIpc) is 2.38. The molecule has 1 N–H and O–H groups in total. The Hall–Kier alpha value is -1.10. The number of carbonyl (C=O) groups is 2. The van der Waals surface area contributed by atoms with Crippen molar-refractivity contribution in [2.75, 3.05) is 6.61 Å². The first-order chi connectivity index (χ1) is 8.89. The van der Waals surface area contributed by atoms with Gasteiger partial charge in [0.15, 0.2) is 5.41 Å². The summed E-state index contributed by atoms with van der Waals surface area (Å²) in [6.45, 7) is 4.98. The van der Waals surface area contributed by atoms with E-state index >= 15 is 0 Å². The first kappa shape index (κ1) is 16.0. The minimum atomic E-state index is -1.54. The molecule has 0 heterocycles. The Kier molecular flexibility index (Phi) is 5.79. The molecule has 0 aromatic heterocycles. The molecule has 1 atom stereocenters. The number of ether oxygens (including phenoxy) is 2. The van der Waals surface area contributed by atoms with Crippen molar-refractivity contribution in [1.29, 1.82) is 0 Å². The molecular formula is C14H24O5. The van der Waals surface area contributed by atoms with Gasteiger partial charge in [0.1, 0.15) is 0 Å². The lowest BCUT2D eigenvalue weighted by Crippen LogP contribution is -2.40. The van der Waals surface area contributed by atoms with Gasteiger partial charge in [0.05, 0.1) is 0 Å². The van der Waals surface area contributed by atoms with Gasteiger partial charge in [-0.1, -0.05) is 19.3 Å². The zero-order valence-corrected chi connectivity index (χ0v) is 12.0. The Bertz CT molecular complexity index is 318. The van der Waals surface area contributed by atoms with Crippen LogP contribution in [0.15, 0.2) is 0 Å². The van der Waals surface area contributed by atoms with Gasteiger partial charge >= 0.3 is 11.9 Å². The van der Waals surface area contributed by atoms with Gasteiger partial charge in [-0.25, -0.2) is 0 Å². The number of rotatable bonds is 6. The van der Waals surface area contributed by atoms with E-state index in [0.717, 1.165) is 25.7 Å². The normalized spacial score (nSPS) is 18.9. The average molecular weight is 272 g/mol. The molecule has 1 aliphatic rings. The third-order valence-electron chi connectivity index (χ3n) is 3.63. The highest BCUT2D eigenvalue weighted by molar-refractivity contribution is 5.98. The van der Waals surface area contributed by atoms with Crippen molar-refractivity contribution in [3.8, 4) is 0 Å². The van der Waals surface area contributed by atoms with Crippen molar-refractivity contribution < 1.29 is 24.2 Å². The minimum Gasteiger partial charge on any atom is -0.480 e. The summed E-state index contributed by atoms with van der Waals surface area (Å²) in [6, 6.07) is 0. The van der Waals surface area contributed by atoms with Gasteiger partial charge in [0.2, 0.25) is 6.29 Å². The van der Waals surface area contributed by atoms with Gasteiger partial charge in [-0.3, -0.25) is 9.59 Å². The lowest BCUT2D eigenvalue weighted by molar-refractivity contribution is -0.204. The molecule has 1 rings (SSSR count). The summed E-state index contributed by atoms with van der Waals surface area (Å²) in [6.07, 6.45) is 4.72. The third kappa shape index (κ3) is 4.20. The van der Waals surface area contributed by atoms with Crippen LogP contribution in [-0.4, -0.2) is 29.9 Å². The van der Waals surface area contributed by atoms with Crippen LogP contribution >= 0.6 is 0 Å². The predicted molar refractivity (Wildman–Crippen MR) is 69.5 cm³/mol. The zero-order valence-electron chi connectivity index (χ0n) is 12.0. The smallest absolute Gasteiger partial charge is 0.325 e. The highest BCUT2D eigenvalue weighted by atomic mass is 16.7. The second-order valence-electron chi connectivity index (χ2n) is 5.56. The molecule has 0 aliphatic heterocycles. The fourth-order valence-electron chi connectivity index (χ4n) is 2.18. The van der Waals surface area contributed by atoms with Crippen LogP contribution in [0.3, 0.4) is 0 Å². The highest BCUT2D eigenvalue weighted by Crippen LogP contribution is 2.30. The van der Waals surface area contributed by atoms with Gasteiger partial charge in [0, 0.05) is 12.5 Å². The largest absolute Gasteiger partial charge is 0.480 e. The molecule has 5 heteroatoms. The summed E-state index contributed by atoms with van der Waals surface area (Å²) in [5.74, 6) is -1.73. The molecule has 1 aliphatic carbocycles. The number of aliphatic carboxylic acids is 1. The molecule has 0 radical (unpaired) electrons. The molecule has 19 heavy (non-hydrogen) atoms. The summed E-state index contributed by atoms with van der Waals surface area (Å²) in [7, 11) is 0. The molecule has 0 aromatic rings. The van der Waals surface area contributed by atoms with Crippen molar-refractivity contribution in [3.63, 3.8) is 0 Å². The number of esters is 1. The molecule has 0 saturated heterocycles. The molecule has 0 aromatic carbocycles. The Balaban J connectivity index is 2.67. The Morgan fingerprint density at radius 3 is 2.32 bits per heavy atom. The third-order valence-corrected chi connectivity index (χ3v) is 3.63. The maximum Gasteiger partial charge on any atom is 0.325 e. The summed E-state index contributed by atoms with van der Waals surface area (Å²) >= 11 is 0. The van der Waals surface area contributed by atoms with E-state index in [1.54, 1.807) is 0 Å². The number of carboxylic acids is 1. The SMILES string of the molecule is CCOC(OC(=O)C(C)(C)C(=O)O)C1CCCCC1. The lowest BCUT2D eigenvalue weighted by Gasteiger charge is -2.31. The van der Waals surface area contributed by atoms with Gasteiger partial charge in [-0.05, 0) is 33.6 Å². The predicted octanol–water partition coefficient (Wildman–Crippen LogP) is 2.58. The van der Waals surface area contributed by atoms with Crippen LogP contribution in [0.5, 0.6) is 0 Å². The van der Waals surface area contributed by atoms with E-state index in [-0.39, 0.29) is 5.92 Å². The van der Waals surface area contributed by atoms with E-state index in [2.05, 4.69) is 0 Å². The summed E-state index contributed by atoms with van der Waals surface area (Å²) in [5, 5.41) is 9.02. The minimum absolute atomic E-state index is 0.183. The van der Waals surface area contributed by atoms with Crippen LogP contribution in [0.2, 0.25) is 0 Å². The van der Waals surface area contributed by atoms with Crippen molar-refractivity contribution in [2.45, 2.75) is 59.2 Å². The van der Waals surface area contributed by atoms with Crippen molar-refractivity contribution in [3.05, 3.63) is 0 Å². The van der Waals surface area contributed by atoms with Crippen LogP contribution < -0.4 is 0 Å². The van der Waals surface area contributed by atoms with Gasteiger partial charge < -0.3 is 14.6 Å². The summed E-state index contributed by atoms with van der Waals surface area (Å²) in [5.41, 5.74) is -1.54. The Labute approximate surface area is 114 Å². The van der Waals surface area contributed by atoms with E-state index in [1.165, 1.54) is 20.3 Å². The molecule has 1 saturated carbocycles. The first-order valence-corrected chi connectivity index (χ1v) is 6.95. The number of carbonyl (C=O) groups excluding carboxylic acids is 1. The molecule has 5 nitrogen and oxygen atoms in total. The Morgan fingerprint density at radius 2 is 1.84 bits per heavy atom. The van der Waals surface area contributed by atoms with Crippen LogP contribution in [0.1, 0.15) is 52.9 Å². The van der Waals surface area contributed by atoms with Gasteiger partial charge in [-0.15, -0.1) is 0 Å². The number of carboxylic acid groups (broad SMARTS) is 1. The fraction of sp³-hybridized carbons (Fsp3) is 0.857. The van der Waals surface area contributed by atoms with E-state index in [4.69, 9.17) is 14.6 Å². The van der Waals surface area contributed by atoms with Crippen LogP contribution in [-0.2, 0) is 19.1 Å². The standard InChI is InChI=1S/C14H24O5/c1-4-18-11(10-8-6-5-7-9-10)19-13(17)14(2,3)12(15)16/h10-11H,4-9H2,1-3H3,(H,15,16). The van der Waals surface area contributed by atoms with Crippen molar-refractivity contribution >= 4 is 11.9 Å². The lowest BCUT2D eigenvalue weighted by atomic mass is 9.88. The van der Waals surface area contributed by atoms with Gasteiger partial charge in [-0.2, -0.15) is 0 Å². The van der Waals surface area contributed by atoms with E-state index in [9.17, 15) is 9.59 Å². The van der Waals surface area contributed by atoms with Crippen molar-refractivity contribution in [1.82, 2.24) is 0 Å². The second-order valence-corrected chi connectivity index (χ2v) is 5.56. The Morgan fingerprint density at radius 1 is 1.26 bits per heavy atom. The molecule has 110 valence electrons. The van der Waals surface area contributed by atoms with Gasteiger partial charge in [0.25, 0.3) is 0 Å². The van der Waals surface area contributed by atoms with E-state index in [0.29, 0.717) is 6.61 Å². The monoisotopic (exact) mass is 272 g/mol. The molecule has 0 spiro atoms. The first-order valence-electron chi connectivity index (χ1n) is 6.95. The fourth-order valence-corrected chi connectivity index (χ4v) is 2.18. The molecule has 1 unspecified atom stereocenters. The molecule has 1 fully saturated rings. The van der Waals surface area contributed by atoms with E-state index < -0.39 is 23.6 Å². The molecule has 0 bridgehead atoms. The number of hydrogen-bond donors (Lipinski definition) is 1. The summed E-state index contributed by atoms with van der Waals surface area (Å²) in [4.78, 5) is 23.0. The molecule has 0 amide bonds. The molecular weight excluding hydrogens is 248 g/mol. The second kappa shape index (κ2) is 6.89. The van der Waals surface area contributed by atoms with Crippen LogP contribution in [0.4, 0.5) is 0 Å². The summed E-state index contributed by atoms with van der Waals surface area (Å²) < 4.78 is 10.8. The topological polar surface area (TPSA) is 72.8 Å². The number of hydrogen-bond acceptors (Lipinski definition) is 4. The maximum atomic E-state index is 12.0. The quantitative estimate of drug-likeness (QED) is 0.457. The van der Waals surface area contributed by atoms with E-state index in [1.807, 2.05) is 6.92 Å². The van der Waals surface area contributed by atoms with Crippen LogP contribution in [0, 0.1) is 11.3 Å². The zero-order chi connectivity index (χ0) is 14.5. The van der Waals surface area contributed by atoms with Crippen LogP contribution in [0.25, 0.3) is 0 Å². The van der Waals surface area contributed by atoms with Crippen molar-refractivity contribution in [2.24, 2.45) is 11.3 Å².